The molecule has 0 spiro atoms. The molecule has 0 aromatic heterocycles. The zero-order valence-electron chi connectivity index (χ0n) is 14.3. The molecule has 0 heterocycles. The maximum absolute atomic E-state index is 10.5. The summed E-state index contributed by atoms with van der Waals surface area (Å²) in [7, 11) is 0. The van der Waals surface area contributed by atoms with Gasteiger partial charge in [-0.2, -0.15) is 0 Å². The number of rotatable bonds is 1. The van der Waals surface area contributed by atoms with Crippen molar-refractivity contribution >= 4 is 0 Å². The van der Waals surface area contributed by atoms with Crippen molar-refractivity contribution in [3.63, 3.8) is 0 Å². The average molecular weight is 288 g/mol. The van der Waals surface area contributed by atoms with E-state index in [2.05, 4.69) is 45.6 Å². The van der Waals surface area contributed by atoms with Crippen molar-refractivity contribution in [2.24, 2.45) is 5.92 Å². The molecular formula is C20H32O. The predicted octanol–water partition coefficient (Wildman–Crippen LogP) is 5.73. The first-order chi connectivity index (χ1) is 9.90. The summed E-state index contributed by atoms with van der Waals surface area (Å²) in [6, 6.07) is 0. The summed E-state index contributed by atoms with van der Waals surface area (Å²) in [5.74, 6) is 0.170. The number of allylic oxidation sites excluding steroid dienone is 5. The van der Waals surface area contributed by atoms with Crippen LogP contribution < -0.4 is 0 Å². The molecule has 0 fully saturated rings. The van der Waals surface area contributed by atoms with E-state index in [9.17, 15) is 5.11 Å². The van der Waals surface area contributed by atoms with Crippen LogP contribution in [0.15, 0.2) is 47.1 Å². The van der Waals surface area contributed by atoms with Gasteiger partial charge in [-0.15, -0.1) is 0 Å². The number of hydrogen-bond donors (Lipinski definition) is 1. The van der Waals surface area contributed by atoms with Crippen molar-refractivity contribution in [1.82, 2.24) is 0 Å². The Balaban J connectivity index is 2.90. The fraction of sp³-hybridized carbons (Fsp3) is 0.600. The molecule has 1 rings (SSSR count). The molecular weight excluding hydrogens is 256 g/mol. The lowest BCUT2D eigenvalue weighted by Crippen LogP contribution is -2.21. The molecule has 0 bridgehead atoms. The Morgan fingerprint density at radius 1 is 1.00 bits per heavy atom. The van der Waals surface area contributed by atoms with Crippen LogP contribution in [0.25, 0.3) is 0 Å². The van der Waals surface area contributed by atoms with Crippen molar-refractivity contribution in [1.29, 1.82) is 0 Å². The second kappa shape index (κ2) is 9.04. The van der Waals surface area contributed by atoms with E-state index >= 15 is 0 Å². The van der Waals surface area contributed by atoms with E-state index in [1.165, 1.54) is 16.7 Å². The summed E-state index contributed by atoms with van der Waals surface area (Å²) < 4.78 is 0. The third-order valence-electron chi connectivity index (χ3n) is 4.41. The first-order valence-electron chi connectivity index (χ1n) is 8.20. The van der Waals surface area contributed by atoms with Gasteiger partial charge in [0.2, 0.25) is 0 Å². The van der Waals surface area contributed by atoms with E-state index in [1.54, 1.807) is 0 Å². The molecule has 118 valence electrons. The first kappa shape index (κ1) is 18.0. The summed E-state index contributed by atoms with van der Waals surface area (Å²) >= 11 is 0. The van der Waals surface area contributed by atoms with Crippen molar-refractivity contribution < 1.29 is 5.11 Å². The minimum absolute atomic E-state index is 0.170. The van der Waals surface area contributed by atoms with Gasteiger partial charge in [0.05, 0.1) is 6.10 Å². The molecule has 1 aliphatic rings. The molecule has 2 atom stereocenters. The molecule has 0 amide bonds. The lowest BCUT2D eigenvalue weighted by Gasteiger charge is -2.23. The smallest absolute Gasteiger partial charge is 0.0645 e. The van der Waals surface area contributed by atoms with Crippen LogP contribution in [0.1, 0.15) is 66.2 Å². The van der Waals surface area contributed by atoms with Crippen molar-refractivity contribution in [3.05, 3.63) is 47.1 Å². The van der Waals surface area contributed by atoms with Crippen molar-refractivity contribution in [3.8, 4) is 0 Å². The van der Waals surface area contributed by atoms with Crippen molar-refractivity contribution in [2.75, 3.05) is 0 Å². The van der Waals surface area contributed by atoms with Gasteiger partial charge in [0.15, 0.2) is 0 Å². The third-order valence-corrected chi connectivity index (χ3v) is 4.41. The molecule has 1 nitrogen and oxygen atoms in total. The molecule has 0 unspecified atom stereocenters. The van der Waals surface area contributed by atoms with E-state index in [1.807, 2.05) is 6.92 Å². The normalized spacial score (nSPS) is 33.7. The topological polar surface area (TPSA) is 20.2 Å². The minimum atomic E-state index is -0.317. The molecule has 0 saturated heterocycles. The molecule has 0 aromatic rings. The largest absolute Gasteiger partial charge is 0.392 e. The third kappa shape index (κ3) is 6.95. The summed E-state index contributed by atoms with van der Waals surface area (Å²) in [6.07, 6.45) is 12.7. The Kier molecular flexibility index (Phi) is 7.74. The SMILES string of the molecule is C=C(C)[C@H]1C/C=C(\C)CC/C=C(\C)CC/C=C(/C)C[C@@H]1O. The Labute approximate surface area is 131 Å². The van der Waals surface area contributed by atoms with Gasteiger partial charge in [0.1, 0.15) is 0 Å². The van der Waals surface area contributed by atoms with Crippen LogP contribution in [0.5, 0.6) is 0 Å². The standard InChI is InChI=1S/C20H32O/c1-15(2)19-13-12-17(4)10-6-8-16(3)9-7-11-18(5)14-20(19)21/h8,11-12,19-21H,1,6-7,9-10,13-14H2,2-5H3/b16-8+,17-12+,18-11-/t19-,20+/m1/s1. The monoisotopic (exact) mass is 288 g/mol. The van der Waals surface area contributed by atoms with Gasteiger partial charge in [0.25, 0.3) is 0 Å². The quantitative estimate of drug-likeness (QED) is 0.611. The second-order valence-electron chi connectivity index (χ2n) is 6.69. The highest BCUT2D eigenvalue weighted by molar-refractivity contribution is 5.12. The fourth-order valence-corrected chi connectivity index (χ4v) is 2.87. The Morgan fingerprint density at radius 2 is 1.52 bits per heavy atom. The molecule has 21 heavy (non-hydrogen) atoms. The zero-order chi connectivity index (χ0) is 15.8. The van der Waals surface area contributed by atoms with E-state index in [-0.39, 0.29) is 12.0 Å². The summed E-state index contributed by atoms with van der Waals surface area (Å²) in [5.41, 5.74) is 5.27. The Bertz CT molecular complexity index is 437. The number of aliphatic hydroxyl groups excluding tert-OH is 1. The van der Waals surface area contributed by atoms with E-state index in [0.717, 1.165) is 44.1 Å². The average Bonchev–Trinajstić information content (AvgIpc) is 2.37. The van der Waals surface area contributed by atoms with Crippen LogP contribution in [-0.4, -0.2) is 11.2 Å². The van der Waals surface area contributed by atoms with Crippen LogP contribution in [0.3, 0.4) is 0 Å². The van der Waals surface area contributed by atoms with Crippen LogP contribution in [-0.2, 0) is 0 Å². The molecule has 0 aliphatic heterocycles. The molecule has 1 N–H and O–H groups in total. The van der Waals surface area contributed by atoms with Crippen LogP contribution in [0, 0.1) is 5.92 Å². The Morgan fingerprint density at radius 3 is 2.10 bits per heavy atom. The molecule has 1 aliphatic carbocycles. The summed E-state index contributed by atoms with van der Waals surface area (Å²) in [6.45, 7) is 12.7. The van der Waals surface area contributed by atoms with Gasteiger partial charge in [-0.3, -0.25) is 0 Å². The lowest BCUT2D eigenvalue weighted by molar-refractivity contribution is 0.126. The highest BCUT2D eigenvalue weighted by atomic mass is 16.3. The van der Waals surface area contributed by atoms with Gasteiger partial charge in [-0.25, -0.2) is 0 Å². The highest BCUT2D eigenvalue weighted by Crippen LogP contribution is 2.25. The summed E-state index contributed by atoms with van der Waals surface area (Å²) in [4.78, 5) is 0. The zero-order valence-corrected chi connectivity index (χ0v) is 14.3. The number of hydrogen-bond acceptors (Lipinski definition) is 1. The van der Waals surface area contributed by atoms with Crippen molar-refractivity contribution in [2.45, 2.75) is 72.3 Å². The van der Waals surface area contributed by atoms with E-state index in [0.29, 0.717) is 0 Å². The molecule has 0 saturated carbocycles. The maximum Gasteiger partial charge on any atom is 0.0645 e. The van der Waals surface area contributed by atoms with Crippen LogP contribution >= 0.6 is 0 Å². The minimum Gasteiger partial charge on any atom is -0.392 e. The molecule has 0 aromatic carbocycles. The Hall–Kier alpha value is -1.08. The maximum atomic E-state index is 10.5. The highest BCUT2D eigenvalue weighted by Gasteiger charge is 2.19. The fourth-order valence-electron chi connectivity index (χ4n) is 2.87. The summed E-state index contributed by atoms with van der Waals surface area (Å²) in [5, 5.41) is 10.5. The molecule has 0 radical (unpaired) electrons. The van der Waals surface area contributed by atoms with Gasteiger partial charge < -0.3 is 5.11 Å². The van der Waals surface area contributed by atoms with Gasteiger partial charge in [0, 0.05) is 5.92 Å². The predicted molar refractivity (Wildman–Crippen MR) is 93.3 cm³/mol. The van der Waals surface area contributed by atoms with E-state index < -0.39 is 0 Å². The first-order valence-corrected chi connectivity index (χ1v) is 8.20. The second-order valence-corrected chi connectivity index (χ2v) is 6.69. The molecule has 1 heteroatoms. The van der Waals surface area contributed by atoms with Gasteiger partial charge >= 0.3 is 0 Å². The van der Waals surface area contributed by atoms with Crippen LogP contribution in [0.4, 0.5) is 0 Å². The van der Waals surface area contributed by atoms with E-state index in [4.69, 9.17) is 0 Å². The lowest BCUT2D eigenvalue weighted by atomic mass is 9.87. The van der Waals surface area contributed by atoms with Gasteiger partial charge in [-0.1, -0.05) is 47.1 Å². The van der Waals surface area contributed by atoms with Gasteiger partial charge in [-0.05, 0) is 66.2 Å². The van der Waals surface area contributed by atoms with Crippen LogP contribution in [0.2, 0.25) is 0 Å². The number of aliphatic hydroxyl groups is 1.